The standard InChI is InChI=1S/C15H14Cl3N/c1-9-5-10(8-19-2)3-4-12(9)15-13(17)6-11(16)7-14(15)18/h3-7,19H,8H2,1-2H3. The average Bonchev–Trinajstić information content (AvgIpc) is 2.31. The molecule has 0 bridgehead atoms. The van der Waals surface area contributed by atoms with Crippen LogP contribution in [-0.4, -0.2) is 7.05 Å². The monoisotopic (exact) mass is 313 g/mol. The van der Waals surface area contributed by atoms with Gasteiger partial charge in [0.25, 0.3) is 0 Å². The zero-order valence-electron chi connectivity index (χ0n) is 10.7. The van der Waals surface area contributed by atoms with Crippen LogP contribution in [0.2, 0.25) is 15.1 Å². The topological polar surface area (TPSA) is 12.0 Å². The lowest BCUT2D eigenvalue weighted by Gasteiger charge is -2.12. The van der Waals surface area contributed by atoms with E-state index in [0.29, 0.717) is 15.1 Å². The van der Waals surface area contributed by atoms with Gasteiger partial charge in [-0.25, -0.2) is 0 Å². The molecular weight excluding hydrogens is 301 g/mol. The zero-order valence-corrected chi connectivity index (χ0v) is 13.0. The molecule has 4 heteroatoms. The summed E-state index contributed by atoms with van der Waals surface area (Å²) >= 11 is 18.5. The minimum absolute atomic E-state index is 0.545. The van der Waals surface area contributed by atoms with Crippen LogP contribution >= 0.6 is 34.8 Å². The predicted molar refractivity (Wildman–Crippen MR) is 84.4 cm³/mol. The van der Waals surface area contributed by atoms with E-state index in [-0.39, 0.29) is 0 Å². The molecule has 0 radical (unpaired) electrons. The van der Waals surface area contributed by atoms with Gasteiger partial charge < -0.3 is 5.32 Å². The maximum absolute atomic E-state index is 6.26. The summed E-state index contributed by atoms with van der Waals surface area (Å²) in [5, 5.41) is 4.82. The number of nitrogens with one attached hydrogen (secondary N) is 1. The van der Waals surface area contributed by atoms with Gasteiger partial charge in [0.15, 0.2) is 0 Å². The molecule has 0 heterocycles. The molecule has 0 amide bonds. The number of aryl methyl sites for hydroxylation is 1. The molecule has 0 unspecified atom stereocenters. The molecule has 2 aromatic rings. The summed E-state index contributed by atoms with van der Waals surface area (Å²) < 4.78 is 0. The summed E-state index contributed by atoms with van der Waals surface area (Å²) in [6.07, 6.45) is 0. The quantitative estimate of drug-likeness (QED) is 0.806. The van der Waals surface area contributed by atoms with Gasteiger partial charge in [-0.2, -0.15) is 0 Å². The molecule has 19 heavy (non-hydrogen) atoms. The van der Waals surface area contributed by atoms with Crippen LogP contribution in [0, 0.1) is 6.92 Å². The fourth-order valence-electron chi connectivity index (χ4n) is 2.12. The van der Waals surface area contributed by atoms with Gasteiger partial charge in [-0.3, -0.25) is 0 Å². The average molecular weight is 315 g/mol. The van der Waals surface area contributed by atoms with Crippen molar-refractivity contribution in [2.75, 3.05) is 7.05 Å². The van der Waals surface area contributed by atoms with Crippen LogP contribution < -0.4 is 5.32 Å². The fourth-order valence-corrected chi connectivity index (χ4v) is 3.14. The lowest BCUT2D eigenvalue weighted by molar-refractivity contribution is 0.817. The molecule has 0 fully saturated rings. The van der Waals surface area contributed by atoms with Crippen molar-refractivity contribution in [3.05, 3.63) is 56.5 Å². The van der Waals surface area contributed by atoms with Crippen molar-refractivity contribution < 1.29 is 0 Å². The van der Waals surface area contributed by atoms with Crippen molar-refractivity contribution in [2.45, 2.75) is 13.5 Å². The summed E-state index contributed by atoms with van der Waals surface area (Å²) in [5.41, 5.74) is 4.23. The van der Waals surface area contributed by atoms with Crippen molar-refractivity contribution >= 4 is 34.8 Å². The molecule has 2 aromatic carbocycles. The first-order chi connectivity index (χ1) is 9.02. The van der Waals surface area contributed by atoms with E-state index in [4.69, 9.17) is 34.8 Å². The number of benzene rings is 2. The van der Waals surface area contributed by atoms with E-state index >= 15 is 0 Å². The highest BCUT2D eigenvalue weighted by Gasteiger charge is 2.12. The molecule has 0 atom stereocenters. The first-order valence-corrected chi connectivity index (χ1v) is 7.05. The third kappa shape index (κ3) is 3.24. The number of hydrogen-bond acceptors (Lipinski definition) is 1. The second-order valence-corrected chi connectivity index (χ2v) is 5.67. The number of hydrogen-bond donors (Lipinski definition) is 1. The molecule has 1 N–H and O–H groups in total. The van der Waals surface area contributed by atoms with Crippen molar-refractivity contribution in [1.82, 2.24) is 5.32 Å². The third-order valence-corrected chi connectivity index (χ3v) is 3.76. The van der Waals surface area contributed by atoms with Gasteiger partial charge in [0.1, 0.15) is 0 Å². The van der Waals surface area contributed by atoms with Crippen LogP contribution in [0.3, 0.4) is 0 Å². The van der Waals surface area contributed by atoms with Crippen LogP contribution in [0.5, 0.6) is 0 Å². The van der Waals surface area contributed by atoms with Crippen LogP contribution in [-0.2, 0) is 6.54 Å². The minimum Gasteiger partial charge on any atom is -0.316 e. The fraction of sp³-hybridized carbons (Fsp3) is 0.200. The van der Waals surface area contributed by atoms with E-state index in [1.165, 1.54) is 5.56 Å². The van der Waals surface area contributed by atoms with Crippen molar-refractivity contribution in [2.24, 2.45) is 0 Å². The predicted octanol–water partition coefficient (Wildman–Crippen LogP) is 5.34. The van der Waals surface area contributed by atoms with E-state index < -0.39 is 0 Å². The molecular formula is C15H14Cl3N. The summed E-state index contributed by atoms with van der Waals surface area (Å²) in [6.45, 7) is 2.89. The Kier molecular flexibility index (Phi) is 4.75. The molecule has 0 spiro atoms. The summed E-state index contributed by atoms with van der Waals surface area (Å²) in [7, 11) is 1.93. The normalized spacial score (nSPS) is 10.8. The Morgan fingerprint density at radius 2 is 1.63 bits per heavy atom. The Labute approximate surface area is 128 Å². The highest BCUT2D eigenvalue weighted by atomic mass is 35.5. The Hall–Kier alpha value is -0.730. The largest absolute Gasteiger partial charge is 0.316 e. The van der Waals surface area contributed by atoms with Gasteiger partial charge >= 0.3 is 0 Å². The Balaban J connectivity index is 2.53. The molecule has 0 aromatic heterocycles. The SMILES string of the molecule is CNCc1ccc(-c2c(Cl)cc(Cl)cc2Cl)c(C)c1. The van der Waals surface area contributed by atoms with E-state index in [2.05, 4.69) is 24.4 Å². The first kappa shape index (κ1) is 14.7. The van der Waals surface area contributed by atoms with Crippen LogP contribution in [0.4, 0.5) is 0 Å². The molecule has 1 nitrogen and oxygen atoms in total. The van der Waals surface area contributed by atoms with Gasteiger partial charge in [-0.1, -0.05) is 53.0 Å². The van der Waals surface area contributed by atoms with E-state index in [1.807, 2.05) is 13.1 Å². The molecule has 0 aliphatic heterocycles. The molecule has 100 valence electrons. The smallest absolute Gasteiger partial charge is 0.0514 e. The summed E-state index contributed by atoms with van der Waals surface area (Å²) in [6, 6.07) is 9.67. The second-order valence-electron chi connectivity index (χ2n) is 4.42. The first-order valence-electron chi connectivity index (χ1n) is 5.92. The Morgan fingerprint density at radius 3 is 2.16 bits per heavy atom. The van der Waals surface area contributed by atoms with E-state index in [1.54, 1.807) is 12.1 Å². The number of halogens is 3. The lowest BCUT2D eigenvalue weighted by atomic mass is 9.98. The van der Waals surface area contributed by atoms with E-state index in [0.717, 1.165) is 23.2 Å². The van der Waals surface area contributed by atoms with Crippen molar-refractivity contribution in [3.8, 4) is 11.1 Å². The van der Waals surface area contributed by atoms with Crippen LogP contribution in [0.15, 0.2) is 30.3 Å². The molecule has 0 aliphatic carbocycles. The molecule has 0 saturated heterocycles. The second kappa shape index (κ2) is 6.15. The molecule has 0 aliphatic rings. The van der Waals surface area contributed by atoms with Gasteiger partial charge in [0, 0.05) is 17.1 Å². The van der Waals surface area contributed by atoms with Gasteiger partial charge in [-0.15, -0.1) is 0 Å². The minimum atomic E-state index is 0.545. The molecule has 2 rings (SSSR count). The highest BCUT2D eigenvalue weighted by molar-refractivity contribution is 6.41. The number of rotatable bonds is 3. The lowest BCUT2D eigenvalue weighted by Crippen LogP contribution is -2.05. The molecule has 0 saturated carbocycles. The zero-order chi connectivity index (χ0) is 14.0. The maximum atomic E-state index is 6.26. The van der Waals surface area contributed by atoms with Crippen molar-refractivity contribution in [3.63, 3.8) is 0 Å². The van der Waals surface area contributed by atoms with Crippen LogP contribution in [0.25, 0.3) is 11.1 Å². The van der Waals surface area contributed by atoms with Gasteiger partial charge in [0.2, 0.25) is 0 Å². The van der Waals surface area contributed by atoms with Gasteiger partial charge in [-0.05, 0) is 42.8 Å². The van der Waals surface area contributed by atoms with Gasteiger partial charge in [0.05, 0.1) is 10.0 Å². The summed E-state index contributed by atoms with van der Waals surface area (Å²) in [5.74, 6) is 0. The van der Waals surface area contributed by atoms with E-state index in [9.17, 15) is 0 Å². The Bertz CT molecular complexity index is 585. The maximum Gasteiger partial charge on any atom is 0.0514 e. The Morgan fingerprint density at radius 1 is 1.00 bits per heavy atom. The van der Waals surface area contributed by atoms with Crippen molar-refractivity contribution in [1.29, 1.82) is 0 Å². The third-order valence-electron chi connectivity index (χ3n) is 2.95. The summed E-state index contributed by atoms with van der Waals surface area (Å²) in [4.78, 5) is 0. The van der Waals surface area contributed by atoms with Crippen LogP contribution in [0.1, 0.15) is 11.1 Å². The highest BCUT2D eigenvalue weighted by Crippen LogP contribution is 2.38.